The Morgan fingerprint density at radius 1 is 1.18 bits per heavy atom. The quantitative estimate of drug-likeness (QED) is 0.222. The monoisotopic (exact) mass is 471 g/mol. The molecule has 4 rings (SSSR count). The number of nitrogens with zero attached hydrogens (tertiary/aromatic N) is 5. The molecule has 1 atom stereocenters. The van der Waals surface area contributed by atoms with Crippen LogP contribution in [0, 0.1) is 22.9 Å². The van der Waals surface area contributed by atoms with E-state index in [9.17, 15) is 19.3 Å². The third-order valence-electron chi connectivity index (χ3n) is 4.68. The van der Waals surface area contributed by atoms with E-state index in [1.807, 2.05) is 0 Å². The van der Waals surface area contributed by atoms with Crippen molar-refractivity contribution in [1.29, 1.82) is 0 Å². The molecule has 0 unspecified atom stereocenters. The molecule has 0 fully saturated rings. The van der Waals surface area contributed by atoms with Crippen LogP contribution in [0.4, 0.5) is 10.1 Å². The Morgan fingerprint density at radius 2 is 1.85 bits per heavy atom. The van der Waals surface area contributed by atoms with Gasteiger partial charge in [-0.2, -0.15) is 5.10 Å². The van der Waals surface area contributed by atoms with Crippen molar-refractivity contribution in [3.05, 3.63) is 86.8 Å². The van der Waals surface area contributed by atoms with Crippen molar-refractivity contribution in [3.8, 4) is 17.1 Å². The molecule has 12 heteroatoms. The molecule has 2 aromatic carbocycles. The Kier molecular flexibility index (Phi) is 5.88. The van der Waals surface area contributed by atoms with Crippen molar-refractivity contribution < 1.29 is 23.3 Å². The van der Waals surface area contributed by atoms with Gasteiger partial charge in [-0.25, -0.2) is 13.9 Å². The molecular weight excluding hydrogens is 457 g/mol. The number of benzene rings is 2. The van der Waals surface area contributed by atoms with E-state index in [1.165, 1.54) is 53.2 Å². The van der Waals surface area contributed by atoms with E-state index < -0.39 is 22.8 Å². The van der Waals surface area contributed by atoms with Gasteiger partial charge in [0, 0.05) is 17.7 Å². The molecule has 2 heterocycles. The van der Waals surface area contributed by atoms with E-state index in [-0.39, 0.29) is 28.2 Å². The topological polar surface area (TPSA) is 126 Å². The lowest BCUT2D eigenvalue weighted by molar-refractivity contribution is -0.384. The fourth-order valence-electron chi connectivity index (χ4n) is 3.00. The summed E-state index contributed by atoms with van der Waals surface area (Å²) >= 11 is 6.35. The van der Waals surface area contributed by atoms with Crippen molar-refractivity contribution in [2.24, 2.45) is 0 Å². The van der Waals surface area contributed by atoms with Crippen LogP contribution < -0.4 is 0 Å². The Labute approximate surface area is 190 Å². The predicted octanol–water partition coefficient (Wildman–Crippen LogP) is 4.85. The highest BCUT2D eigenvalue weighted by Crippen LogP contribution is 2.28. The second-order valence-electron chi connectivity index (χ2n) is 6.94. The zero-order valence-electron chi connectivity index (χ0n) is 17.2. The summed E-state index contributed by atoms with van der Waals surface area (Å²) in [6, 6.07) is 11.0. The van der Waals surface area contributed by atoms with E-state index >= 15 is 0 Å². The number of ether oxygens (including phenoxy) is 1. The van der Waals surface area contributed by atoms with Crippen LogP contribution in [-0.2, 0) is 4.74 Å². The average Bonchev–Trinajstić information content (AvgIpc) is 3.39. The van der Waals surface area contributed by atoms with Crippen molar-refractivity contribution in [2.45, 2.75) is 20.0 Å². The number of hydrogen-bond acceptors (Lipinski definition) is 8. The van der Waals surface area contributed by atoms with Crippen LogP contribution in [-0.4, -0.2) is 30.9 Å². The van der Waals surface area contributed by atoms with Gasteiger partial charge in [0.2, 0.25) is 5.89 Å². The third kappa shape index (κ3) is 4.44. The highest BCUT2D eigenvalue weighted by molar-refractivity contribution is 6.33. The number of esters is 1. The molecule has 0 spiro atoms. The van der Waals surface area contributed by atoms with Crippen LogP contribution >= 0.6 is 11.6 Å². The van der Waals surface area contributed by atoms with Gasteiger partial charge < -0.3 is 9.15 Å². The molecule has 0 radical (unpaired) electrons. The number of halogens is 2. The molecule has 2 aromatic heterocycles. The lowest BCUT2D eigenvalue weighted by Crippen LogP contribution is -2.10. The number of rotatable bonds is 6. The van der Waals surface area contributed by atoms with Gasteiger partial charge in [-0.1, -0.05) is 11.6 Å². The zero-order valence-corrected chi connectivity index (χ0v) is 18.0. The van der Waals surface area contributed by atoms with Crippen LogP contribution in [0.2, 0.25) is 5.15 Å². The van der Waals surface area contributed by atoms with Gasteiger partial charge in [0.25, 0.3) is 11.6 Å². The summed E-state index contributed by atoms with van der Waals surface area (Å²) < 4.78 is 25.5. The number of hydrogen-bond donors (Lipinski definition) is 0. The van der Waals surface area contributed by atoms with Gasteiger partial charge >= 0.3 is 5.97 Å². The van der Waals surface area contributed by atoms with Gasteiger partial charge in [-0.3, -0.25) is 10.1 Å². The molecule has 168 valence electrons. The smallest absolute Gasteiger partial charge is 0.344 e. The first-order valence-electron chi connectivity index (χ1n) is 9.55. The lowest BCUT2D eigenvalue weighted by atomic mass is 10.2. The van der Waals surface area contributed by atoms with Crippen molar-refractivity contribution >= 4 is 23.3 Å². The fourth-order valence-corrected chi connectivity index (χ4v) is 3.34. The normalized spacial score (nSPS) is 11.9. The van der Waals surface area contributed by atoms with E-state index in [1.54, 1.807) is 13.8 Å². The van der Waals surface area contributed by atoms with Crippen LogP contribution in [0.1, 0.15) is 35.0 Å². The number of aryl methyl sites for hydroxylation is 1. The molecule has 0 saturated heterocycles. The molecule has 10 nitrogen and oxygen atoms in total. The number of non-ortho nitro benzene ring substituents is 1. The summed E-state index contributed by atoms with van der Waals surface area (Å²) in [5.41, 5.74) is 1.23. The molecule has 0 saturated carbocycles. The van der Waals surface area contributed by atoms with Gasteiger partial charge in [0.15, 0.2) is 6.10 Å². The van der Waals surface area contributed by atoms with Crippen molar-refractivity contribution in [2.75, 3.05) is 0 Å². The van der Waals surface area contributed by atoms with Crippen LogP contribution in [0.25, 0.3) is 17.1 Å². The summed E-state index contributed by atoms with van der Waals surface area (Å²) in [5, 5.41) is 22.8. The Morgan fingerprint density at radius 3 is 2.48 bits per heavy atom. The van der Waals surface area contributed by atoms with Crippen LogP contribution in [0.15, 0.2) is 52.9 Å². The standard InChI is InChI=1S/C21H15ClFN5O5/c1-11-17(18(22)27(26-11)15-9-5-14(23)6-10-15)21(29)32-12(2)19-24-25-20(33-19)13-3-7-16(8-4-13)28(30)31/h3-10,12H,1-2H3/t12-/m0/s1. The summed E-state index contributed by atoms with van der Waals surface area (Å²) in [4.78, 5) is 23.0. The van der Waals surface area contributed by atoms with Crippen LogP contribution in [0.5, 0.6) is 0 Å². The summed E-state index contributed by atoms with van der Waals surface area (Å²) in [6.07, 6.45) is -0.915. The highest BCUT2D eigenvalue weighted by atomic mass is 35.5. The Bertz CT molecular complexity index is 1330. The van der Waals surface area contributed by atoms with Crippen LogP contribution in [0.3, 0.4) is 0 Å². The minimum absolute atomic E-state index is 0.00778. The fraction of sp³-hybridized carbons (Fsp3) is 0.143. The molecule has 33 heavy (non-hydrogen) atoms. The number of aromatic nitrogens is 4. The maximum Gasteiger partial charge on any atom is 0.344 e. The number of carbonyl (C=O) groups is 1. The van der Waals surface area contributed by atoms with E-state index in [4.69, 9.17) is 20.8 Å². The molecule has 0 aliphatic heterocycles. The predicted molar refractivity (Wildman–Crippen MR) is 113 cm³/mol. The van der Waals surface area contributed by atoms with Crippen molar-refractivity contribution in [1.82, 2.24) is 20.0 Å². The minimum Gasteiger partial charge on any atom is -0.449 e. The van der Waals surface area contributed by atoms with Gasteiger partial charge in [-0.15, -0.1) is 10.2 Å². The summed E-state index contributed by atoms with van der Waals surface area (Å²) in [5.74, 6) is -1.04. The number of nitro benzene ring substituents is 1. The van der Waals surface area contributed by atoms with Gasteiger partial charge in [0.1, 0.15) is 16.5 Å². The maximum atomic E-state index is 13.2. The molecule has 0 aliphatic rings. The first-order chi connectivity index (χ1) is 15.7. The number of nitro groups is 1. The first-order valence-corrected chi connectivity index (χ1v) is 9.92. The molecule has 0 N–H and O–H groups in total. The highest BCUT2D eigenvalue weighted by Gasteiger charge is 2.26. The second kappa shape index (κ2) is 8.79. The van der Waals surface area contributed by atoms with Crippen molar-refractivity contribution in [3.63, 3.8) is 0 Å². The summed E-state index contributed by atoms with van der Waals surface area (Å²) in [7, 11) is 0. The molecule has 4 aromatic rings. The maximum absolute atomic E-state index is 13.2. The van der Waals surface area contributed by atoms with Gasteiger partial charge in [-0.05, 0) is 50.2 Å². The number of carbonyl (C=O) groups excluding carboxylic acids is 1. The van der Waals surface area contributed by atoms with E-state index in [0.29, 0.717) is 16.9 Å². The molecule has 0 aliphatic carbocycles. The summed E-state index contributed by atoms with van der Waals surface area (Å²) in [6.45, 7) is 3.13. The van der Waals surface area contributed by atoms with E-state index in [2.05, 4.69) is 15.3 Å². The minimum atomic E-state index is -0.915. The molecule has 0 bridgehead atoms. The largest absolute Gasteiger partial charge is 0.449 e. The first kappa shape index (κ1) is 22.1. The Hall–Kier alpha value is -4.12. The third-order valence-corrected chi connectivity index (χ3v) is 5.03. The Balaban J connectivity index is 1.51. The molecule has 0 amide bonds. The second-order valence-corrected chi connectivity index (χ2v) is 7.29. The zero-order chi connectivity index (χ0) is 23.7. The lowest BCUT2D eigenvalue weighted by Gasteiger charge is -2.09. The van der Waals surface area contributed by atoms with Gasteiger partial charge in [0.05, 0.1) is 16.3 Å². The molecular formula is C21H15ClFN5O5. The SMILES string of the molecule is Cc1nn(-c2ccc(F)cc2)c(Cl)c1C(=O)O[C@@H](C)c1nnc(-c2ccc([N+](=O)[O-])cc2)o1. The average molecular weight is 472 g/mol. The van der Waals surface area contributed by atoms with E-state index in [0.717, 1.165) is 0 Å².